The van der Waals surface area contributed by atoms with Crippen LogP contribution in [-0.4, -0.2) is 61.9 Å². The van der Waals surface area contributed by atoms with E-state index in [1.165, 1.54) is 51.4 Å². The number of carbonyl (C=O) groups is 2. The molecule has 0 aromatic rings. The fraction of sp³-hybridized carbons (Fsp3) is 0.926. The van der Waals surface area contributed by atoms with Crippen LogP contribution in [0.4, 0.5) is 0 Å². The Bertz CT molecular complexity index is 419. The summed E-state index contributed by atoms with van der Waals surface area (Å²) in [5, 5.41) is 9.29. The second-order valence-electron chi connectivity index (χ2n) is 9.16. The minimum atomic E-state index is -0.0358. The highest BCUT2D eigenvalue weighted by Crippen LogP contribution is 2.10. The molecule has 0 atom stereocenters. The van der Waals surface area contributed by atoms with Crippen molar-refractivity contribution in [2.24, 2.45) is 0 Å². The maximum atomic E-state index is 11.8. The van der Waals surface area contributed by atoms with E-state index < -0.39 is 0 Å². The van der Waals surface area contributed by atoms with Crippen LogP contribution < -0.4 is 0 Å². The molecule has 0 aromatic carbocycles. The number of aliphatic hydroxyl groups is 1. The zero-order valence-corrected chi connectivity index (χ0v) is 21.6. The molecule has 0 saturated carbocycles. The first-order valence-corrected chi connectivity index (χ1v) is 13.8. The molecule has 0 saturated heterocycles. The van der Waals surface area contributed by atoms with Gasteiger partial charge in [-0.3, -0.25) is 9.59 Å². The van der Waals surface area contributed by atoms with Crippen LogP contribution in [0.2, 0.25) is 0 Å². The maximum Gasteiger partial charge on any atom is 0.305 e. The third-order valence-corrected chi connectivity index (χ3v) is 6.09. The Labute approximate surface area is 203 Å². The summed E-state index contributed by atoms with van der Waals surface area (Å²) < 4.78 is 10.0. The van der Waals surface area contributed by atoms with Gasteiger partial charge < -0.3 is 19.5 Å². The molecule has 0 aromatic heterocycles. The molecule has 0 spiro atoms. The molecule has 0 aliphatic rings. The largest absolute Gasteiger partial charge is 0.468 e. The van der Waals surface area contributed by atoms with Crippen LogP contribution in [0.3, 0.4) is 0 Å². The fourth-order valence-electron chi connectivity index (χ4n) is 4.03. The summed E-state index contributed by atoms with van der Waals surface area (Å²) in [7, 11) is 0. The monoisotopic (exact) mass is 471 g/mol. The van der Waals surface area contributed by atoms with Gasteiger partial charge in [0.15, 0.2) is 0 Å². The number of nitrogens with zero attached hydrogens (tertiary/aromatic N) is 1. The fourth-order valence-corrected chi connectivity index (χ4v) is 4.03. The highest BCUT2D eigenvalue weighted by molar-refractivity contribution is 5.69. The smallest absolute Gasteiger partial charge is 0.305 e. The van der Waals surface area contributed by atoms with Gasteiger partial charge in [-0.05, 0) is 45.2 Å². The molecule has 0 amide bonds. The Kier molecular flexibility index (Phi) is 26.2. The topological polar surface area (TPSA) is 76.1 Å². The number of hydrogen-bond donors (Lipinski definition) is 1. The zero-order valence-electron chi connectivity index (χ0n) is 21.6. The summed E-state index contributed by atoms with van der Waals surface area (Å²) in [5.41, 5.74) is 0. The van der Waals surface area contributed by atoms with Crippen LogP contribution in [0.15, 0.2) is 0 Å². The Balaban J connectivity index is 3.49. The summed E-state index contributed by atoms with van der Waals surface area (Å²) in [6.45, 7) is 6.89. The van der Waals surface area contributed by atoms with Crippen molar-refractivity contribution in [1.82, 2.24) is 4.90 Å². The van der Waals surface area contributed by atoms with E-state index in [9.17, 15) is 14.7 Å². The summed E-state index contributed by atoms with van der Waals surface area (Å²) in [4.78, 5) is 24.2. The molecule has 0 aliphatic carbocycles. The van der Waals surface area contributed by atoms with E-state index >= 15 is 0 Å². The molecule has 6 nitrogen and oxygen atoms in total. The van der Waals surface area contributed by atoms with Crippen LogP contribution in [0.1, 0.15) is 122 Å². The molecule has 196 valence electrons. The number of esters is 1. The van der Waals surface area contributed by atoms with Gasteiger partial charge in [-0.15, -0.1) is 0 Å². The van der Waals surface area contributed by atoms with Gasteiger partial charge in [-0.2, -0.15) is 0 Å². The van der Waals surface area contributed by atoms with Crippen molar-refractivity contribution >= 4 is 12.4 Å². The van der Waals surface area contributed by atoms with Crippen molar-refractivity contribution in [1.29, 1.82) is 0 Å². The molecular formula is C27H53NO5. The van der Waals surface area contributed by atoms with Crippen molar-refractivity contribution in [3.05, 3.63) is 0 Å². The van der Waals surface area contributed by atoms with Crippen molar-refractivity contribution in [2.75, 3.05) is 39.5 Å². The summed E-state index contributed by atoms with van der Waals surface area (Å²) in [6, 6.07) is 0. The Hall–Kier alpha value is -1.14. The van der Waals surface area contributed by atoms with Crippen LogP contribution in [0.5, 0.6) is 0 Å². The first-order valence-electron chi connectivity index (χ1n) is 13.8. The first kappa shape index (κ1) is 31.9. The van der Waals surface area contributed by atoms with Gasteiger partial charge in [0.25, 0.3) is 6.47 Å². The molecule has 33 heavy (non-hydrogen) atoms. The number of aliphatic hydroxyl groups excluding tert-OH is 1. The predicted molar refractivity (Wildman–Crippen MR) is 135 cm³/mol. The highest BCUT2D eigenvalue weighted by Gasteiger charge is 2.05. The number of unbranched alkanes of at least 4 members (excludes halogenated alkanes) is 14. The second kappa shape index (κ2) is 27.1. The van der Waals surface area contributed by atoms with Crippen molar-refractivity contribution < 1.29 is 24.2 Å². The number of ether oxygens (including phenoxy) is 2. The van der Waals surface area contributed by atoms with Gasteiger partial charge >= 0.3 is 5.97 Å². The van der Waals surface area contributed by atoms with Crippen LogP contribution in [0, 0.1) is 0 Å². The Morgan fingerprint density at radius 2 is 1.21 bits per heavy atom. The molecule has 6 heteroatoms. The normalized spacial score (nSPS) is 11.1. The molecule has 0 aliphatic heterocycles. The average molecular weight is 472 g/mol. The summed E-state index contributed by atoms with van der Waals surface area (Å²) >= 11 is 0. The minimum absolute atomic E-state index is 0.0358. The molecule has 0 unspecified atom stereocenters. The third kappa shape index (κ3) is 25.3. The van der Waals surface area contributed by atoms with Gasteiger partial charge in [-0.1, -0.05) is 84.0 Å². The highest BCUT2D eigenvalue weighted by atomic mass is 16.5. The van der Waals surface area contributed by atoms with E-state index in [4.69, 9.17) is 9.47 Å². The standard InChI is InChI=1S/C27H53NO5/c1-2-3-4-5-6-13-18-25-33-27(31)19-14-9-7-10-15-20-28(22-23-29)21-16-11-8-12-17-24-32-26-30/h26,29H,2-25H2,1H3. The lowest BCUT2D eigenvalue weighted by molar-refractivity contribution is -0.143. The quantitative estimate of drug-likeness (QED) is 0.0894. The van der Waals surface area contributed by atoms with Crippen LogP contribution in [-0.2, 0) is 19.1 Å². The Morgan fingerprint density at radius 1 is 0.697 bits per heavy atom. The van der Waals surface area contributed by atoms with Crippen LogP contribution >= 0.6 is 0 Å². The molecule has 0 fully saturated rings. The second-order valence-corrected chi connectivity index (χ2v) is 9.16. The van der Waals surface area contributed by atoms with Crippen molar-refractivity contribution in [2.45, 2.75) is 122 Å². The number of carbonyl (C=O) groups excluding carboxylic acids is 2. The maximum absolute atomic E-state index is 11.8. The molecule has 0 rings (SSSR count). The van der Waals surface area contributed by atoms with Gasteiger partial charge in [-0.25, -0.2) is 0 Å². The summed E-state index contributed by atoms with van der Waals surface area (Å²) in [6.07, 6.45) is 20.2. The molecule has 1 N–H and O–H groups in total. The zero-order chi connectivity index (χ0) is 24.2. The Morgan fingerprint density at radius 3 is 1.79 bits per heavy atom. The first-order chi connectivity index (χ1) is 16.2. The minimum Gasteiger partial charge on any atom is -0.468 e. The molecular weight excluding hydrogens is 418 g/mol. The van der Waals surface area contributed by atoms with E-state index in [1.54, 1.807) is 0 Å². The van der Waals surface area contributed by atoms with Gasteiger partial charge in [0.05, 0.1) is 19.8 Å². The van der Waals surface area contributed by atoms with E-state index in [-0.39, 0.29) is 12.6 Å². The lowest BCUT2D eigenvalue weighted by Crippen LogP contribution is -2.29. The molecule has 0 bridgehead atoms. The van der Waals surface area contributed by atoms with Gasteiger partial charge in [0, 0.05) is 13.0 Å². The SMILES string of the molecule is CCCCCCCCCOC(=O)CCCCCCCN(CCO)CCCCCCCOC=O. The predicted octanol–water partition coefficient (Wildman–Crippen LogP) is 6.04. The van der Waals surface area contributed by atoms with E-state index in [1.807, 2.05) is 0 Å². The van der Waals surface area contributed by atoms with E-state index in [0.717, 1.165) is 77.4 Å². The summed E-state index contributed by atoms with van der Waals surface area (Å²) in [5.74, 6) is -0.0358. The number of rotatable bonds is 27. The van der Waals surface area contributed by atoms with Crippen molar-refractivity contribution in [3.63, 3.8) is 0 Å². The van der Waals surface area contributed by atoms with Crippen LogP contribution in [0.25, 0.3) is 0 Å². The number of hydrogen-bond acceptors (Lipinski definition) is 6. The van der Waals surface area contributed by atoms with Crippen molar-refractivity contribution in [3.8, 4) is 0 Å². The van der Waals surface area contributed by atoms with E-state index in [0.29, 0.717) is 26.1 Å². The molecule has 0 radical (unpaired) electrons. The van der Waals surface area contributed by atoms with Gasteiger partial charge in [0.2, 0.25) is 0 Å². The average Bonchev–Trinajstić information content (AvgIpc) is 2.81. The van der Waals surface area contributed by atoms with E-state index in [2.05, 4.69) is 11.8 Å². The third-order valence-electron chi connectivity index (χ3n) is 6.09. The molecule has 0 heterocycles. The lowest BCUT2D eigenvalue weighted by Gasteiger charge is -2.21. The lowest BCUT2D eigenvalue weighted by atomic mass is 10.1. The van der Waals surface area contributed by atoms with Gasteiger partial charge in [0.1, 0.15) is 0 Å².